The fraction of sp³-hybridized carbons (Fsp3) is 0.500. The molecule has 1 amide bonds. The van der Waals surface area contributed by atoms with Crippen molar-refractivity contribution in [3.63, 3.8) is 0 Å². The second-order valence-electron chi connectivity index (χ2n) is 9.11. The fourth-order valence-electron chi connectivity index (χ4n) is 4.57. The Labute approximate surface area is 207 Å². The number of nitrogens with one attached hydrogen (secondary N) is 1. The summed E-state index contributed by atoms with van der Waals surface area (Å²) < 4.78 is 79.2. The van der Waals surface area contributed by atoms with Gasteiger partial charge in [0.15, 0.2) is 0 Å². The van der Waals surface area contributed by atoms with E-state index >= 15 is 0 Å². The maximum atomic E-state index is 13.5. The van der Waals surface area contributed by atoms with Crippen LogP contribution >= 0.6 is 0 Å². The Morgan fingerprint density at radius 1 is 1.00 bits per heavy atom. The number of carbonyl (C=O) groups is 1. The minimum absolute atomic E-state index is 0.0192. The van der Waals surface area contributed by atoms with Gasteiger partial charge in [0.1, 0.15) is 6.04 Å². The molecule has 0 aromatic heterocycles. The lowest BCUT2D eigenvalue weighted by molar-refractivity contribution is -0.143. The van der Waals surface area contributed by atoms with Crippen LogP contribution < -0.4 is 5.32 Å². The number of hydrogen-bond acceptors (Lipinski definition) is 3. The van der Waals surface area contributed by atoms with Crippen molar-refractivity contribution in [2.45, 2.75) is 50.6 Å². The number of benzene rings is 2. The van der Waals surface area contributed by atoms with Crippen LogP contribution in [0.25, 0.3) is 0 Å². The van der Waals surface area contributed by atoms with Gasteiger partial charge in [0, 0.05) is 32.7 Å². The number of alkyl halides is 6. The highest BCUT2D eigenvalue weighted by Gasteiger charge is 2.37. The third-order valence-corrected chi connectivity index (χ3v) is 6.50. The number of piperidine rings is 1. The molecule has 1 aliphatic rings. The average molecular weight is 516 g/mol. The van der Waals surface area contributed by atoms with Crippen molar-refractivity contribution in [2.24, 2.45) is 0 Å². The van der Waals surface area contributed by atoms with Crippen LogP contribution in [-0.2, 0) is 23.6 Å². The monoisotopic (exact) mass is 515 g/mol. The summed E-state index contributed by atoms with van der Waals surface area (Å²) in [6.45, 7) is 4.27. The molecule has 10 heteroatoms. The third-order valence-electron chi connectivity index (χ3n) is 6.50. The van der Waals surface area contributed by atoms with Crippen LogP contribution in [0.2, 0.25) is 0 Å². The van der Waals surface area contributed by atoms with Crippen molar-refractivity contribution in [1.29, 1.82) is 0 Å². The van der Waals surface area contributed by atoms with E-state index < -0.39 is 29.5 Å². The average Bonchev–Trinajstić information content (AvgIpc) is 2.83. The number of rotatable bonds is 8. The van der Waals surface area contributed by atoms with Gasteiger partial charge in [-0.15, -0.1) is 0 Å². The smallest absolute Gasteiger partial charge is 0.344 e. The molecule has 0 aliphatic carbocycles. The maximum Gasteiger partial charge on any atom is 0.416 e. The van der Waals surface area contributed by atoms with Gasteiger partial charge < -0.3 is 10.2 Å². The zero-order valence-electron chi connectivity index (χ0n) is 20.3. The fourth-order valence-corrected chi connectivity index (χ4v) is 4.57. The summed E-state index contributed by atoms with van der Waals surface area (Å²) in [7, 11) is 1.53. The molecule has 0 saturated carbocycles. The first-order valence-electron chi connectivity index (χ1n) is 12.0. The van der Waals surface area contributed by atoms with Crippen LogP contribution in [0.4, 0.5) is 26.3 Å². The van der Waals surface area contributed by atoms with Gasteiger partial charge >= 0.3 is 12.4 Å². The van der Waals surface area contributed by atoms with E-state index in [1.54, 1.807) is 0 Å². The Morgan fingerprint density at radius 2 is 1.56 bits per heavy atom. The van der Waals surface area contributed by atoms with Crippen LogP contribution in [0, 0.1) is 0 Å². The van der Waals surface area contributed by atoms with E-state index in [0.29, 0.717) is 31.3 Å². The van der Waals surface area contributed by atoms with Crippen molar-refractivity contribution in [1.82, 2.24) is 15.1 Å². The van der Waals surface area contributed by atoms with Gasteiger partial charge in [-0.3, -0.25) is 9.69 Å². The summed E-state index contributed by atoms with van der Waals surface area (Å²) in [6.07, 6.45) is -8.21. The molecule has 36 heavy (non-hydrogen) atoms. The number of halogens is 6. The van der Waals surface area contributed by atoms with Crippen LogP contribution in [0.1, 0.15) is 48.1 Å². The summed E-state index contributed by atoms with van der Waals surface area (Å²) in [5.74, 6) is -0.244. The van der Waals surface area contributed by atoms with E-state index in [2.05, 4.69) is 10.2 Å². The molecule has 1 atom stereocenters. The Morgan fingerprint density at radius 3 is 2.06 bits per heavy atom. The van der Waals surface area contributed by atoms with Crippen molar-refractivity contribution in [2.75, 3.05) is 33.2 Å². The van der Waals surface area contributed by atoms with Crippen molar-refractivity contribution >= 4 is 5.91 Å². The van der Waals surface area contributed by atoms with Gasteiger partial charge in [-0.25, -0.2) is 0 Å². The topological polar surface area (TPSA) is 35.6 Å². The molecule has 4 nitrogen and oxygen atoms in total. The van der Waals surface area contributed by atoms with E-state index in [9.17, 15) is 31.1 Å². The summed E-state index contributed by atoms with van der Waals surface area (Å²) in [5.41, 5.74) is -2.03. The third kappa shape index (κ3) is 7.22. The minimum atomic E-state index is -4.91. The Bertz CT molecular complexity index is 969. The number of likely N-dealkylation sites (tertiary alicyclic amines) is 1. The molecule has 198 valence electrons. The number of likely N-dealkylation sites (N-methyl/N-ethyl adjacent to an activating group) is 1. The molecule has 3 rings (SSSR count). The zero-order valence-corrected chi connectivity index (χ0v) is 20.3. The second kappa shape index (κ2) is 11.6. The Kier molecular flexibility index (Phi) is 9.05. The SMILES string of the molecule is CCNC1CCN(C(C(=O)N(C)CCc2cc(C(F)(F)F)cc(C(F)(F)F)c2)c2ccccc2)CC1. The predicted octanol–water partition coefficient (Wildman–Crippen LogP) is 5.54. The lowest BCUT2D eigenvalue weighted by Crippen LogP contribution is -2.48. The molecular formula is C26H31F6N3O. The molecule has 1 N–H and O–H groups in total. The van der Waals surface area contributed by atoms with E-state index in [1.165, 1.54) is 11.9 Å². The van der Waals surface area contributed by atoms with Crippen LogP contribution in [0.15, 0.2) is 48.5 Å². The molecular weight excluding hydrogens is 484 g/mol. The summed E-state index contributed by atoms with van der Waals surface area (Å²) in [4.78, 5) is 17.0. The van der Waals surface area contributed by atoms with Gasteiger partial charge in [-0.1, -0.05) is 37.3 Å². The molecule has 0 radical (unpaired) electrons. The number of hydrogen-bond donors (Lipinski definition) is 1. The van der Waals surface area contributed by atoms with Gasteiger partial charge in [-0.05, 0) is 55.1 Å². The van der Waals surface area contributed by atoms with Crippen molar-refractivity contribution < 1.29 is 31.1 Å². The Hall–Kier alpha value is -2.59. The lowest BCUT2D eigenvalue weighted by Gasteiger charge is -2.38. The van der Waals surface area contributed by atoms with E-state index in [0.717, 1.165) is 24.9 Å². The quantitative estimate of drug-likeness (QED) is 0.469. The highest BCUT2D eigenvalue weighted by molar-refractivity contribution is 5.83. The predicted molar refractivity (Wildman–Crippen MR) is 125 cm³/mol. The first kappa shape index (κ1) is 28.0. The molecule has 2 aromatic rings. The highest BCUT2D eigenvalue weighted by Crippen LogP contribution is 2.36. The maximum absolute atomic E-state index is 13.5. The zero-order chi connectivity index (χ0) is 26.5. The second-order valence-corrected chi connectivity index (χ2v) is 9.11. The molecule has 0 bridgehead atoms. The Balaban J connectivity index is 1.77. The molecule has 1 unspecified atom stereocenters. The van der Waals surface area contributed by atoms with Gasteiger partial charge in [0.25, 0.3) is 0 Å². The summed E-state index contributed by atoms with van der Waals surface area (Å²) in [6, 6.07) is 10.6. The van der Waals surface area contributed by atoms with Crippen LogP contribution in [0.5, 0.6) is 0 Å². The molecule has 2 aromatic carbocycles. The number of nitrogens with zero attached hydrogens (tertiary/aromatic N) is 2. The summed E-state index contributed by atoms with van der Waals surface area (Å²) in [5, 5.41) is 3.42. The lowest BCUT2D eigenvalue weighted by atomic mass is 9.98. The van der Waals surface area contributed by atoms with E-state index in [1.807, 2.05) is 37.3 Å². The van der Waals surface area contributed by atoms with Crippen molar-refractivity contribution in [3.8, 4) is 0 Å². The van der Waals surface area contributed by atoms with Gasteiger partial charge in [0.2, 0.25) is 5.91 Å². The number of amides is 1. The highest BCUT2D eigenvalue weighted by atomic mass is 19.4. The van der Waals surface area contributed by atoms with Crippen LogP contribution in [0.3, 0.4) is 0 Å². The normalized spacial score (nSPS) is 16.7. The van der Waals surface area contributed by atoms with E-state index in [-0.39, 0.29) is 30.5 Å². The van der Waals surface area contributed by atoms with Gasteiger partial charge in [-0.2, -0.15) is 26.3 Å². The standard InChI is InChI=1S/C26H31F6N3O/c1-3-33-22-10-13-35(14-11-22)23(19-7-5-4-6-8-19)24(36)34(2)12-9-18-15-20(25(27,28)29)17-21(16-18)26(30,31)32/h4-8,15-17,22-23,33H,3,9-14H2,1-2H3. The van der Waals surface area contributed by atoms with Gasteiger partial charge in [0.05, 0.1) is 11.1 Å². The first-order chi connectivity index (χ1) is 16.9. The number of carbonyl (C=O) groups excluding carboxylic acids is 1. The first-order valence-corrected chi connectivity index (χ1v) is 12.0. The molecule has 1 saturated heterocycles. The molecule has 1 heterocycles. The van der Waals surface area contributed by atoms with E-state index in [4.69, 9.17) is 0 Å². The molecule has 1 fully saturated rings. The van der Waals surface area contributed by atoms with Crippen LogP contribution in [-0.4, -0.2) is 55.0 Å². The largest absolute Gasteiger partial charge is 0.416 e. The molecule has 1 aliphatic heterocycles. The minimum Gasteiger partial charge on any atom is -0.344 e. The van der Waals surface area contributed by atoms with Crippen molar-refractivity contribution in [3.05, 3.63) is 70.8 Å². The molecule has 0 spiro atoms. The summed E-state index contributed by atoms with van der Waals surface area (Å²) >= 11 is 0.